The summed E-state index contributed by atoms with van der Waals surface area (Å²) in [6.07, 6.45) is 2.74. The molecular formula is C12H18N4O3S. The number of pyridine rings is 1. The van der Waals surface area contributed by atoms with Crippen LogP contribution in [0.4, 0.5) is 0 Å². The summed E-state index contributed by atoms with van der Waals surface area (Å²) in [7, 11) is -3.69. The van der Waals surface area contributed by atoms with Crippen LogP contribution < -0.4 is 11.5 Å². The maximum absolute atomic E-state index is 12.6. The van der Waals surface area contributed by atoms with Crippen LogP contribution in [0.1, 0.15) is 18.5 Å². The van der Waals surface area contributed by atoms with Crippen LogP contribution in [-0.4, -0.2) is 36.7 Å². The lowest BCUT2D eigenvalue weighted by Crippen LogP contribution is -2.44. The van der Waals surface area contributed by atoms with Crippen molar-refractivity contribution in [2.45, 2.75) is 24.3 Å². The molecule has 0 aromatic carbocycles. The topological polar surface area (TPSA) is 119 Å². The standard InChI is InChI=1S/C12H18N4O3S/c13-7-10-11(4-1-5-15-10)20(18,19)16-6-2-3-9(8-16)12(14)17/h1,4-5,9H,2-3,6-8,13H2,(H2,14,17). The van der Waals surface area contributed by atoms with Gasteiger partial charge >= 0.3 is 0 Å². The highest BCUT2D eigenvalue weighted by atomic mass is 32.2. The van der Waals surface area contributed by atoms with Crippen molar-refractivity contribution >= 4 is 15.9 Å². The Morgan fingerprint density at radius 3 is 2.90 bits per heavy atom. The fraction of sp³-hybridized carbons (Fsp3) is 0.500. The molecule has 0 aliphatic carbocycles. The van der Waals surface area contributed by atoms with E-state index in [0.29, 0.717) is 25.1 Å². The summed E-state index contributed by atoms with van der Waals surface area (Å²) in [6.45, 7) is 0.546. The third-order valence-corrected chi connectivity index (χ3v) is 5.39. The van der Waals surface area contributed by atoms with Crippen LogP contribution in [0.25, 0.3) is 0 Å². The molecule has 1 atom stereocenters. The fourth-order valence-corrected chi connectivity index (χ4v) is 4.05. The van der Waals surface area contributed by atoms with Crippen molar-refractivity contribution in [2.75, 3.05) is 13.1 Å². The molecule has 1 aliphatic heterocycles. The Labute approximate surface area is 118 Å². The number of piperidine rings is 1. The maximum atomic E-state index is 12.6. The number of nitrogens with two attached hydrogens (primary N) is 2. The molecule has 8 heteroatoms. The molecule has 110 valence electrons. The molecule has 7 nitrogen and oxygen atoms in total. The van der Waals surface area contributed by atoms with Gasteiger partial charge < -0.3 is 11.5 Å². The molecule has 0 spiro atoms. The number of primary amides is 1. The Kier molecular flexibility index (Phi) is 4.36. The number of aromatic nitrogens is 1. The van der Waals surface area contributed by atoms with Gasteiger partial charge in [-0.1, -0.05) is 0 Å². The van der Waals surface area contributed by atoms with Crippen LogP contribution in [0, 0.1) is 5.92 Å². The number of nitrogens with zero attached hydrogens (tertiary/aromatic N) is 2. The minimum absolute atomic E-state index is 0.0441. The van der Waals surface area contributed by atoms with E-state index >= 15 is 0 Å². The minimum Gasteiger partial charge on any atom is -0.369 e. The highest BCUT2D eigenvalue weighted by Gasteiger charge is 2.33. The Balaban J connectivity index is 2.32. The van der Waals surface area contributed by atoms with Gasteiger partial charge in [-0.15, -0.1) is 0 Å². The van der Waals surface area contributed by atoms with Crippen LogP contribution in [-0.2, 0) is 21.4 Å². The zero-order chi connectivity index (χ0) is 14.8. The van der Waals surface area contributed by atoms with Gasteiger partial charge in [0.2, 0.25) is 15.9 Å². The van der Waals surface area contributed by atoms with Gasteiger partial charge in [0, 0.05) is 25.8 Å². The summed E-state index contributed by atoms with van der Waals surface area (Å²) in [5.74, 6) is -0.897. The third kappa shape index (κ3) is 2.82. The minimum atomic E-state index is -3.69. The van der Waals surface area contributed by atoms with Crippen LogP contribution in [0.3, 0.4) is 0 Å². The molecule has 1 unspecified atom stereocenters. The first-order valence-electron chi connectivity index (χ1n) is 6.40. The summed E-state index contributed by atoms with van der Waals surface area (Å²) < 4.78 is 26.5. The zero-order valence-electron chi connectivity index (χ0n) is 11.0. The molecule has 1 aromatic heterocycles. The highest BCUT2D eigenvalue weighted by Crippen LogP contribution is 2.24. The number of hydrogen-bond donors (Lipinski definition) is 2. The number of sulfonamides is 1. The second kappa shape index (κ2) is 5.86. The summed E-state index contributed by atoms with van der Waals surface area (Å²) in [4.78, 5) is 15.3. The fourth-order valence-electron chi connectivity index (χ4n) is 2.34. The van der Waals surface area contributed by atoms with Crippen molar-refractivity contribution < 1.29 is 13.2 Å². The average molecular weight is 298 g/mol. The number of amides is 1. The average Bonchev–Trinajstić information content (AvgIpc) is 2.47. The second-order valence-corrected chi connectivity index (χ2v) is 6.66. The number of rotatable bonds is 4. The molecule has 20 heavy (non-hydrogen) atoms. The van der Waals surface area contributed by atoms with E-state index in [9.17, 15) is 13.2 Å². The van der Waals surface area contributed by atoms with Gasteiger partial charge in [-0.25, -0.2) is 8.42 Å². The molecule has 0 bridgehead atoms. The van der Waals surface area contributed by atoms with Crippen molar-refractivity contribution in [3.05, 3.63) is 24.0 Å². The van der Waals surface area contributed by atoms with Crippen molar-refractivity contribution in [3.63, 3.8) is 0 Å². The predicted octanol–water partition coefficient (Wildman–Crippen LogP) is -0.574. The SMILES string of the molecule is NCc1ncccc1S(=O)(=O)N1CCCC(C(N)=O)C1. The van der Waals surface area contributed by atoms with E-state index in [1.807, 2.05) is 0 Å². The molecule has 1 aromatic rings. The van der Waals surface area contributed by atoms with Gasteiger partial charge in [0.05, 0.1) is 11.6 Å². The summed E-state index contributed by atoms with van der Waals surface area (Å²) in [6, 6.07) is 3.04. The summed E-state index contributed by atoms with van der Waals surface area (Å²) in [5.41, 5.74) is 11.1. The molecule has 1 fully saturated rings. The number of hydrogen-bond acceptors (Lipinski definition) is 5. The van der Waals surface area contributed by atoms with Crippen LogP contribution in [0.15, 0.2) is 23.2 Å². The lowest BCUT2D eigenvalue weighted by Gasteiger charge is -2.30. The molecule has 4 N–H and O–H groups in total. The van der Waals surface area contributed by atoms with Crippen molar-refractivity contribution in [1.82, 2.24) is 9.29 Å². The van der Waals surface area contributed by atoms with Crippen LogP contribution in [0.2, 0.25) is 0 Å². The Morgan fingerprint density at radius 2 is 2.25 bits per heavy atom. The highest BCUT2D eigenvalue weighted by molar-refractivity contribution is 7.89. The van der Waals surface area contributed by atoms with Gasteiger partial charge in [0.25, 0.3) is 0 Å². The molecule has 2 heterocycles. The van der Waals surface area contributed by atoms with Gasteiger partial charge in [-0.2, -0.15) is 4.31 Å². The van der Waals surface area contributed by atoms with Crippen molar-refractivity contribution in [1.29, 1.82) is 0 Å². The first-order chi connectivity index (χ1) is 9.46. The molecule has 2 rings (SSSR count). The number of carbonyl (C=O) groups is 1. The lowest BCUT2D eigenvalue weighted by molar-refractivity contribution is -0.122. The largest absolute Gasteiger partial charge is 0.369 e. The van der Waals surface area contributed by atoms with E-state index in [0.717, 1.165) is 0 Å². The van der Waals surface area contributed by atoms with E-state index in [1.165, 1.54) is 16.6 Å². The van der Waals surface area contributed by atoms with E-state index in [1.54, 1.807) is 6.07 Å². The van der Waals surface area contributed by atoms with Crippen LogP contribution >= 0.6 is 0 Å². The Morgan fingerprint density at radius 1 is 1.50 bits per heavy atom. The zero-order valence-corrected chi connectivity index (χ0v) is 11.8. The van der Waals surface area contributed by atoms with E-state index in [4.69, 9.17) is 11.5 Å². The maximum Gasteiger partial charge on any atom is 0.244 e. The smallest absolute Gasteiger partial charge is 0.244 e. The Hall–Kier alpha value is -1.51. The van der Waals surface area contributed by atoms with E-state index in [2.05, 4.69) is 4.98 Å². The van der Waals surface area contributed by atoms with Gasteiger partial charge in [-0.05, 0) is 25.0 Å². The number of carbonyl (C=O) groups excluding carboxylic acids is 1. The molecule has 0 radical (unpaired) electrons. The second-order valence-electron chi connectivity index (χ2n) is 4.76. The Bertz CT molecular complexity index is 602. The van der Waals surface area contributed by atoms with E-state index in [-0.39, 0.29) is 18.0 Å². The van der Waals surface area contributed by atoms with Crippen molar-refractivity contribution in [2.24, 2.45) is 17.4 Å². The predicted molar refractivity (Wildman–Crippen MR) is 72.8 cm³/mol. The first kappa shape index (κ1) is 14.9. The van der Waals surface area contributed by atoms with Crippen molar-refractivity contribution in [3.8, 4) is 0 Å². The quantitative estimate of drug-likeness (QED) is 0.771. The van der Waals surface area contributed by atoms with Gasteiger partial charge in [0.15, 0.2) is 0 Å². The molecule has 1 saturated heterocycles. The van der Waals surface area contributed by atoms with Gasteiger partial charge in [-0.3, -0.25) is 9.78 Å². The monoisotopic (exact) mass is 298 g/mol. The third-order valence-electron chi connectivity index (χ3n) is 3.45. The summed E-state index contributed by atoms with van der Waals surface area (Å²) >= 11 is 0. The first-order valence-corrected chi connectivity index (χ1v) is 7.84. The van der Waals surface area contributed by atoms with E-state index < -0.39 is 21.8 Å². The molecule has 1 aliphatic rings. The normalized spacial score (nSPS) is 20.8. The molecule has 0 saturated carbocycles. The lowest BCUT2D eigenvalue weighted by atomic mass is 9.99. The molecular weight excluding hydrogens is 280 g/mol. The van der Waals surface area contributed by atoms with Gasteiger partial charge in [0.1, 0.15) is 4.90 Å². The van der Waals surface area contributed by atoms with Crippen LogP contribution in [0.5, 0.6) is 0 Å². The summed E-state index contributed by atoms with van der Waals surface area (Å²) in [5, 5.41) is 0. The molecule has 1 amide bonds.